The molecular weight excluding hydrogens is 203 g/mol. The first-order chi connectivity index (χ1) is 6.03. The molecule has 2 saturated heterocycles. The van der Waals surface area contributed by atoms with Gasteiger partial charge in [-0.3, -0.25) is 9.05 Å². The number of phosphoric ester groups is 1. The van der Waals surface area contributed by atoms with Crippen molar-refractivity contribution in [1.82, 2.24) is 0 Å². The van der Waals surface area contributed by atoms with Crippen molar-refractivity contribution < 1.29 is 33.5 Å². The van der Waals surface area contributed by atoms with Gasteiger partial charge in [0.1, 0.15) is 18.3 Å². The van der Waals surface area contributed by atoms with Crippen LogP contribution in [0, 0.1) is 0 Å². The van der Waals surface area contributed by atoms with Crippen LogP contribution in [0.2, 0.25) is 0 Å². The zero-order valence-electron chi connectivity index (χ0n) is 6.44. The molecule has 8 heteroatoms. The Morgan fingerprint density at radius 3 is 2.62 bits per heavy atom. The Morgan fingerprint density at radius 1 is 1.38 bits per heavy atom. The molecule has 13 heavy (non-hydrogen) atoms. The maximum absolute atomic E-state index is 10.8. The van der Waals surface area contributed by atoms with E-state index in [1.54, 1.807) is 0 Å². The second-order valence-electron chi connectivity index (χ2n) is 2.86. The van der Waals surface area contributed by atoms with Crippen LogP contribution in [-0.4, -0.2) is 46.3 Å². The fraction of sp³-hybridized carbons (Fsp3) is 1.00. The lowest BCUT2D eigenvalue weighted by Gasteiger charge is -2.13. The number of ether oxygens (including phenoxy) is 1. The Hall–Kier alpha value is -0.0100. The lowest BCUT2D eigenvalue weighted by Crippen LogP contribution is -2.33. The summed E-state index contributed by atoms with van der Waals surface area (Å²) in [4.78, 5) is 8.83. The highest BCUT2D eigenvalue weighted by molar-refractivity contribution is 7.47. The van der Waals surface area contributed by atoms with Crippen LogP contribution in [0.5, 0.6) is 0 Å². The van der Waals surface area contributed by atoms with Crippen molar-refractivity contribution in [2.24, 2.45) is 0 Å². The van der Waals surface area contributed by atoms with Crippen LogP contribution in [-0.2, 0) is 18.3 Å². The SMILES string of the molecule is O=P1(O)OC2C(O)[C@@H](CO)O[C@@H]2O1. The minimum absolute atomic E-state index is 0.392. The van der Waals surface area contributed by atoms with Crippen LogP contribution in [0.4, 0.5) is 0 Å². The molecule has 2 rings (SSSR count). The molecular formula is C5H9O7P. The van der Waals surface area contributed by atoms with Gasteiger partial charge in [0.15, 0.2) is 6.29 Å². The molecule has 76 valence electrons. The average Bonchev–Trinajstić information content (AvgIpc) is 2.47. The number of hydrogen-bond acceptors (Lipinski definition) is 6. The molecule has 0 saturated carbocycles. The first-order valence-electron chi connectivity index (χ1n) is 3.67. The minimum atomic E-state index is -4.06. The third-order valence-corrected chi connectivity index (χ3v) is 2.95. The molecule has 0 aromatic heterocycles. The number of aliphatic hydroxyl groups excluding tert-OH is 2. The van der Waals surface area contributed by atoms with Gasteiger partial charge < -0.3 is 19.8 Å². The number of rotatable bonds is 1. The summed E-state index contributed by atoms with van der Waals surface area (Å²) in [6.45, 7) is -0.392. The Balaban J connectivity index is 2.11. The first-order valence-corrected chi connectivity index (χ1v) is 5.17. The number of fused-ring (bicyclic) bond motifs is 1. The Bertz CT molecular complexity index is 255. The maximum Gasteiger partial charge on any atom is 0.475 e. The number of aliphatic hydroxyl groups is 2. The van der Waals surface area contributed by atoms with Crippen molar-refractivity contribution in [1.29, 1.82) is 0 Å². The fourth-order valence-corrected chi connectivity index (χ4v) is 2.37. The highest BCUT2D eigenvalue weighted by Crippen LogP contribution is 2.55. The molecule has 0 aromatic rings. The summed E-state index contributed by atoms with van der Waals surface area (Å²) in [5.74, 6) is 0. The molecule has 7 nitrogen and oxygen atoms in total. The number of phosphoric acid groups is 1. The van der Waals surface area contributed by atoms with Crippen molar-refractivity contribution in [3.05, 3.63) is 0 Å². The van der Waals surface area contributed by atoms with E-state index in [1.807, 2.05) is 0 Å². The molecule has 2 aliphatic heterocycles. The van der Waals surface area contributed by atoms with Crippen LogP contribution in [0.1, 0.15) is 0 Å². The highest BCUT2D eigenvalue weighted by Gasteiger charge is 2.55. The van der Waals surface area contributed by atoms with Gasteiger partial charge in [-0.15, -0.1) is 0 Å². The van der Waals surface area contributed by atoms with E-state index >= 15 is 0 Å². The predicted octanol–water partition coefficient (Wildman–Crippen LogP) is -1.42. The Kier molecular flexibility index (Phi) is 2.20. The predicted molar refractivity (Wildman–Crippen MR) is 37.5 cm³/mol. The monoisotopic (exact) mass is 212 g/mol. The van der Waals surface area contributed by atoms with E-state index in [4.69, 9.17) is 14.7 Å². The molecule has 0 spiro atoms. The summed E-state index contributed by atoms with van der Waals surface area (Å²) in [5.41, 5.74) is 0. The molecule has 0 radical (unpaired) electrons. The van der Waals surface area contributed by atoms with Gasteiger partial charge in [0.05, 0.1) is 6.61 Å². The summed E-state index contributed by atoms with van der Waals surface area (Å²) in [6, 6.07) is 0. The standard InChI is InChI=1S/C5H9O7P/c6-1-2-3(7)4-5(10-2)12-13(8,9)11-4/h2-7H,1H2,(H,8,9)/t2-,3?,4?,5-/m1/s1. The molecule has 3 N–H and O–H groups in total. The average molecular weight is 212 g/mol. The molecule has 0 bridgehead atoms. The summed E-state index contributed by atoms with van der Waals surface area (Å²) in [5, 5.41) is 18.1. The topological polar surface area (TPSA) is 105 Å². The largest absolute Gasteiger partial charge is 0.475 e. The third kappa shape index (κ3) is 1.53. The summed E-state index contributed by atoms with van der Waals surface area (Å²) >= 11 is 0. The molecule has 0 aliphatic carbocycles. The zero-order chi connectivity index (χ0) is 9.64. The molecule has 2 aliphatic rings. The Labute approximate surface area is 73.5 Å². The van der Waals surface area contributed by atoms with Gasteiger partial charge in [-0.05, 0) is 0 Å². The maximum atomic E-state index is 10.8. The van der Waals surface area contributed by atoms with Gasteiger partial charge in [-0.25, -0.2) is 4.57 Å². The van der Waals surface area contributed by atoms with Crippen molar-refractivity contribution in [2.75, 3.05) is 6.61 Å². The molecule has 0 amide bonds. The van der Waals surface area contributed by atoms with Gasteiger partial charge >= 0.3 is 7.82 Å². The smallest absolute Gasteiger partial charge is 0.394 e. The van der Waals surface area contributed by atoms with Crippen molar-refractivity contribution in [3.8, 4) is 0 Å². The van der Waals surface area contributed by atoms with Gasteiger partial charge in [-0.2, -0.15) is 0 Å². The molecule has 2 fully saturated rings. The summed E-state index contributed by atoms with van der Waals surface area (Å²) in [7, 11) is -4.06. The van der Waals surface area contributed by atoms with E-state index < -0.39 is 39.0 Å². The van der Waals surface area contributed by atoms with Crippen molar-refractivity contribution in [3.63, 3.8) is 0 Å². The van der Waals surface area contributed by atoms with Crippen LogP contribution in [0.3, 0.4) is 0 Å². The van der Waals surface area contributed by atoms with Gasteiger partial charge in [0.25, 0.3) is 0 Å². The van der Waals surface area contributed by atoms with E-state index in [-0.39, 0.29) is 0 Å². The normalized spacial score (nSPS) is 55.3. The van der Waals surface area contributed by atoms with Crippen LogP contribution >= 0.6 is 7.82 Å². The lowest BCUT2D eigenvalue weighted by atomic mass is 10.1. The van der Waals surface area contributed by atoms with Gasteiger partial charge in [0.2, 0.25) is 0 Å². The second kappa shape index (κ2) is 2.99. The molecule has 5 atom stereocenters. The first kappa shape index (κ1) is 9.54. The minimum Gasteiger partial charge on any atom is -0.394 e. The zero-order valence-corrected chi connectivity index (χ0v) is 7.33. The summed E-state index contributed by atoms with van der Waals surface area (Å²) in [6.07, 6.45) is -4.02. The van der Waals surface area contributed by atoms with Crippen LogP contribution in [0.15, 0.2) is 0 Å². The third-order valence-electron chi connectivity index (χ3n) is 1.97. The number of hydrogen-bond donors (Lipinski definition) is 3. The second-order valence-corrected chi connectivity index (χ2v) is 4.22. The quantitative estimate of drug-likeness (QED) is 0.458. The summed E-state index contributed by atoms with van der Waals surface area (Å²) < 4.78 is 24.7. The van der Waals surface area contributed by atoms with Crippen LogP contribution in [0.25, 0.3) is 0 Å². The van der Waals surface area contributed by atoms with Gasteiger partial charge in [0, 0.05) is 0 Å². The van der Waals surface area contributed by atoms with Crippen molar-refractivity contribution >= 4 is 7.82 Å². The van der Waals surface area contributed by atoms with E-state index in [2.05, 4.69) is 9.05 Å². The molecule has 3 unspecified atom stereocenters. The molecule has 0 aromatic carbocycles. The highest BCUT2D eigenvalue weighted by atomic mass is 31.2. The van der Waals surface area contributed by atoms with E-state index in [0.29, 0.717) is 0 Å². The van der Waals surface area contributed by atoms with Gasteiger partial charge in [-0.1, -0.05) is 0 Å². The fourth-order valence-electron chi connectivity index (χ4n) is 1.36. The van der Waals surface area contributed by atoms with Crippen molar-refractivity contribution in [2.45, 2.75) is 24.6 Å². The Morgan fingerprint density at radius 2 is 2.08 bits per heavy atom. The lowest BCUT2D eigenvalue weighted by molar-refractivity contribution is -0.0919. The van der Waals surface area contributed by atoms with E-state index in [0.717, 1.165) is 0 Å². The van der Waals surface area contributed by atoms with E-state index in [1.165, 1.54) is 0 Å². The van der Waals surface area contributed by atoms with E-state index in [9.17, 15) is 9.67 Å². The molecule has 2 heterocycles. The van der Waals surface area contributed by atoms with Crippen LogP contribution < -0.4 is 0 Å².